The maximum absolute atomic E-state index is 11.5. The first-order valence-electron chi connectivity index (χ1n) is 13.8. The van der Waals surface area contributed by atoms with Gasteiger partial charge in [0.25, 0.3) is 0 Å². The Kier molecular flexibility index (Phi) is 6.03. The van der Waals surface area contributed by atoms with E-state index in [0.717, 1.165) is 55.7 Å². The molecule has 1 N–H and O–H groups in total. The van der Waals surface area contributed by atoms with Crippen LogP contribution in [0.5, 0.6) is 5.75 Å². The van der Waals surface area contributed by atoms with E-state index < -0.39 is 0 Å². The smallest absolute Gasteiger partial charge is 0.146 e. The van der Waals surface area contributed by atoms with E-state index in [1.807, 2.05) is 36.5 Å². The van der Waals surface area contributed by atoms with Crippen molar-refractivity contribution in [3.05, 3.63) is 108 Å². The summed E-state index contributed by atoms with van der Waals surface area (Å²) in [6.07, 6.45) is 1.83. The van der Waals surface area contributed by atoms with E-state index in [-0.39, 0.29) is 10.8 Å². The van der Waals surface area contributed by atoms with Gasteiger partial charge in [0, 0.05) is 33.7 Å². The van der Waals surface area contributed by atoms with Crippen LogP contribution in [-0.2, 0) is 10.8 Å². The van der Waals surface area contributed by atoms with Crippen LogP contribution in [0.4, 0.5) is 0 Å². The number of fused-ring (bicyclic) bond motifs is 3. The van der Waals surface area contributed by atoms with E-state index >= 15 is 0 Å². The molecule has 0 unspecified atom stereocenters. The van der Waals surface area contributed by atoms with Crippen LogP contribution in [0.25, 0.3) is 50.1 Å². The van der Waals surface area contributed by atoms with Crippen LogP contribution in [0.3, 0.4) is 0 Å². The summed E-state index contributed by atoms with van der Waals surface area (Å²) in [4.78, 5) is 9.83. The van der Waals surface area contributed by atoms with E-state index in [2.05, 4.69) is 107 Å². The predicted molar refractivity (Wildman–Crippen MR) is 166 cm³/mol. The minimum Gasteiger partial charge on any atom is -0.507 e. The third-order valence-corrected chi connectivity index (χ3v) is 7.65. The Morgan fingerprint density at radius 2 is 1.40 bits per heavy atom. The molecule has 0 aliphatic carbocycles. The summed E-state index contributed by atoms with van der Waals surface area (Å²) in [7, 11) is 0. The quantitative estimate of drug-likeness (QED) is 0.250. The van der Waals surface area contributed by atoms with Crippen molar-refractivity contribution in [3.63, 3.8) is 0 Å². The number of phenolic OH excluding ortho intramolecular Hbond substituents is 1. The molecule has 4 nitrogen and oxygen atoms in total. The van der Waals surface area contributed by atoms with E-state index in [4.69, 9.17) is 9.97 Å². The van der Waals surface area contributed by atoms with Crippen LogP contribution < -0.4 is 0 Å². The molecular formula is C36H35N3O. The lowest BCUT2D eigenvalue weighted by molar-refractivity contribution is 0.446. The molecule has 0 amide bonds. The van der Waals surface area contributed by atoms with E-state index in [1.165, 1.54) is 5.56 Å². The summed E-state index contributed by atoms with van der Waals surface area (Å²) in [5, 5.41) is 13.7. The van der Waals surface area contributed by atoms with Gasteiger partial charge in [-0.05, 0) is 64.4 Å². The van der Waals surface area contributed by atoms with Gasteiger partial charge < -0.3 is 5.11 Å². The summed E-state index contributed by atoms with van der Waals surface area (Å²) >= 11 is 0. The van der Waals surface area contributed by atoms with E-state index in [1.54, 1.807) is 0 Å². The molecule has 0 saturated heterocycles. The third kappa shape index (κ3) is 4.44. The lowest BCUT2D eigenvalue weighted by Gasteiger charge is -2.27. The molecule has 0 fully saturated rings. The normalized spacial score (nSPS) is 12.3. The Bertz CT molecular complexity index is 1830. The van der Waals surface area contributed by atoms with Crippen LogP contribution in [0.1, 0.15) is 52.7 Å². The molecule has 4 heteroatoms. The number of para-hydroxylation sites is 1. The van der Waals surface area contributed by atoms with Crippen molar-refractivity contribution in [2.45, 2.75) is 52.4 Å². The number of phenols is 1. The third-order valence-electron chi connectivity index (χ3n) is 7.65. The van der Waals surface area contributed by atoms with Crippen molar-refractivity contribution in [1.29, 1.82) is 0 Å². The van der Waals surface area contributed by atoms with Crippen molar-refractivity contribution < 1.29 is 5.11 Å². The molecule has 0 atom stereocenters. The van der Waals surface area contributed by atoms with Gasteiger partial charge in [0.2, 0.25) is 0 Å². The highest BCUT2D eigenvalue weighted by Crippen LogP contribution is 2.42. The molecular weight excluding hydrogens is 490 g/mol. The summed E-state index contributed by atoms with van der Waals surface area (Å²) < 4.78 is 2.13. The first-order valence-corrected chi connectivity index (χ1v) is 13.8. The number of rotatable bonds is 3. The first-order chi connectivity index (χ1) is 19.0. The van der Waals surface area contributed by atoms with Crippen molar-refractivity contribution in [3.8, 4) is 34.0 Å². The largest absolute Gasteiger partial charge is 0.507 e. The van der Waals surface area contributed by atoms with Gasteiger partial charge in [-0.1, -0.05) is 90.1 Å². The van der Waals surface area contributed by atoms with Crippen molar-refractivity contribution in [1.82, 2.24) is 14.5 Å². The highest BCUT2D eigenvalue weighted by molar-refractivity contribution is 6.07. The van der Waals surface area contributed by atoms with Gasteiger partial charge >= 0.3 is 0 Å². The van der Waals surface area contributed by atoms with Crippen LogP contribution >= 0.6 is 0 Å². The van der Waals surface area contributed by atoms with E-state index in [9.17, 15) is 5.11 Å². The molecule has 0 aliphatic heterocycles. The predicted octanol–water partition coefficient (Wildman–Crippen LogP) is 9.21. The fourth-order valence-electron chi connectivity index (χ4n) is 5.44. The van der Waals surface area contributed by atoms with Crippen LogP contribution in [0, 0.1) is 0 Å². The zero-order valence-corrected chi connectivity index (χ0v) is 24.0. The van der Waals surface area contributed by atoms with Gasteiger partial charge in [0.05, 0.1) is 11.2 Å². The second kappa shape index (κ2) is 9.34. The Hall–Kier alpha value is -4.44. The maximum Gasteiger partial charge on any atom is 0.146 e. The molecule has 0 bridgehead atoms. The fraction of sp³-hybridized carbons (Fsp3) is 0.222. The molecule has 3 aromatic carbocycles. The maximum atomic E-state index is 11.5. The van der Waals surface area contributed by atoms with Crippen LogP contribution in [0.15, 0.2) is 97.2 Å². The number of aromatic hydroxyl groups is 1. The van der Waals surface area contributed by atoms with Gasteiger partial charge in [-0.25, -0.2) is 9.97 Å². The second-order valence-corrected chi connectivity index (χ2v) is 12.6. The minimum absolute atomic E-state index is 0.0493. The molecule has 0 aliphatic rings. The van der Waals surface area contributed by atoms with Gasteiger partial charge in [-0.15, -0.1) is 0 Å². The number of pyridine rings is 2. The summed E-state index contributed by atoms with van der Waals surface area (Å²) in [6, 6.07) is 31.2. The van der Waals surface area contributed by atoms with Gasteiger partial charge in [0.1, 0.15) is 17.2 Å². The van der Waals surface area contributed by atoms with Gasteiger partial charge in [0.15, 0.2) is 0 Å². The lowest BCUT2D eigenvalue weighted by Crippen LogP contribution is -2.17. The summed E-state index contributed by atoms with van der Waals surface area (Å²) in [6.45, 7) is 13.1. The van der Waals surface area contributed by atoms with Crippen LogP contribution in [-0.4, -0.2) is 19.6 Å². The number of nitrogens with zero attached hydrogens (tertiary/aromatic N) is 3. The van der Waals surface area contributed by atoms with Gasteiger partial charge in [-0.3, -0.25) is 4.57 Å². The molecule has 3 aromatic heterocycles. The van der Waals surface area contributed by atoms with Crippen molar-refractivity contribution >= 4 is 21.9 Å². The van der Waals surface area contributed by atoms with E-state index in [0.29, 0.717) is 5.75 Å². The highest BCUT2D eigenvalue weighted by atomic mass is 16.3. The number of hydrogen-bond acceptors (Lipinski definition) is 3. The average Bonchev–Trinajstić information content (AvgIpc) is 3.26. The minimum atomic E-state index is -0.191. The SMILES string of the molecule is CC(C)(C)c1cc(-c2cccc(-c3cccc(-n4c5ccccc5c5cccnc54)n3)c2)c(O)c(C(C)(C)C)c1. The Labute approximate surface area is 236 Å². The molecule has 0 saturated carbocycles. The molecule has 0 spiro atoms. The van der Waals surface area contributed by atoms with Gasteiger partial charge in [-0.2, -0.15) is 0 Å². The van der Waals surface area contributed by atoms with Crippen molar-refractivity contribution in [2.75, 3.05) is 0 Å². The Morgan fingerprint density at radius 3 is 2.17 bits per heavy atom. The average molecular weight is 526 g/mol. The molecule has 40 heavy (non-hydrogen) atoms. The zero-order chi connectivity index (χ0) is 28.2. The molecule has 0 radical (unpaired) electrons. The molecule has 6 aromatic rings. The second-order valence-electron chi connectivity index (χ2n) is 12.6. The lowest BCUT2D eigenvalue weighted by atomic mass is 9.78. The molecule has 3 heterocycles. The summed E-state index contributed by atoms with van der Waals surface area (Å²) in [5.74, 6) is 1.16. The van der Waals surface area contributed by atoms with Crippen LogP contribution in [0.2, 0.25) is 0 Å². The Morgan fingerprint density at radius 1 is 0.675 bits per heavy atom. The highest BCUT2D eigenvalue weighted by Gasteiger charge is 2.25. The zero-order valence-electron chi connectivity index (χ0n) is 24.0. The molecule has 200 valence electrons. The fourth-order valence-corrected chi connectivity index (χ4v) is 5.44. The summed E-state index contributed by atoms with van der Waals surface area (Å²) in [5.41, 5.74) is 7.56. The number of hydrogen-bond donors (Lipinski definition) is 1. The number of benzene rings is 3. The standard InChI is InChI=1S/C36H35N3O/c1-35(2,3)25-21-28(33(40)29(22-25)36(4,5)6)23-12-9-13-24(20-23)30-16-10-18-32(38-30)39-31-17-8-7-14-26(31)27-15-11-19-37-34(27)39/h7-22,40H,1-6H3. The van der Waals surface area contributed by atoms with Crippen molar-refractivity contribution in [2.24, 2.45) is 0 Å². The number of aromatic nitrogens is 3. The topological polar surface area (TPSA) is 50.9 Å². The first kappa shape index (κ1) is 25.8. The monoisotopic (exact) mass is 525 g/mol. The Balaban J connectivity index is 1.50. The molecule has 6 rings (SSSR count).